The van der Waals surface area contributed by atoms with Crippen LogP contribution >= 0.6 is 0 Å². The first-order valence-electron chi connectivity index (χ1n) is 9.28. The maximum atomic E-state index is 13.0. The highest BCUT2D eigenvalue weighted by molar-refractivity contribution is 6.07. The SMILES string of the molecule is Cc1cccc(OC[C@H](O)CN2C(=O)N[C@@](C)(c3ccc4c(c3)OCO4)C2=O)c1. The molecule has 0 radical (unpaired) electrons. The van der Waals surface area contributed by atoms with Crippen LogP contribution < -0.4 is 19.5 Å². The van der Waals surface area contributed by atoms with E-state index in [9.17, 15) is 14.7 Å². The summed E-state index contributed by atoms with van der Waals surface area (Å²) < 4.78 is 16.2. The molecule has 8 heteroatoms. The molecule has 8 nitrogen and oxygen atoms in total. The molecule has 0 unspecified atom stereocenters. The van der Waals surface area contributed by atoms with E-state index < -0.39 is 23.6 Å². The Morgan fingerprint density at radius 2 is 2.00 bits per heavy atom. The Hall–Kier alpha value is -3.26. The Morgan fingerprint density at radius 1 is 1.21 bits per heavy atom. The largest absolute Gasteiger partial charge is 0.491 e. The van der Waals surface area contributed by atoms with Gasteiger partial charge in [-0.3, -0.25) is 9.69 Å². The maximum absolute atomic E-state index is 13.0. The summed E-state index contributed by atoms with van der Waals surface area (Å²) in [5, 5.41) is 13.0. The number of imide groups is 1. The van der Waals surface area contributed by atoms with E-state index in [4.69, 9.17) is 14.2 Å². The average molecular weight is 398 g/mol. The molecule has 2 aliphatic rings. The lowest BCUT2D eigenvalue weighted by Crippen LogP contribution is -2.42. The number of β-amino-alcohol motifs (C(OH)–C–C–N with tert-alkyl or cyclic N) is 1. The Bertz CT molecular complexity index is 962. The van der Waals surface area contributed by atoms with Crippen molar-refractivity contribution in [1.29, 1.82) is 0 Å². The lowest BCUT2D eigenvalue weighted by Gasteiger charge is -2.23. The molecule has 0 bridgehead atoms. The third-order valence-corrected chi connectivity index (χ3v) is 5.05. The van der Waals surface area contributed by atoms with Crippen molar-refractivity contribution in [2.45, 2.75) is 25.5 Å². The minimum Gasteiger partial charge on any atom is -0.491 e. The Balaban J connectivity index is 1.43. The van der Waals surface area contributed by atoms with Crippen LogP contribution in [0.1, 0.15) is 18.1 Å². The smallest absolute Gasteiger partial charge is 0.325 e. The van der Waals surface area contributed by atoms with Crippen molar-refractivity contribution in [3.8, 4) is 17.2 Å². The van der Waals surface area contributed by atoms with Gasteiger partial charge in [0.1, 0.15) is 24.0 Å². The van der Waals surface area contributed by atoms with Crippen molar-refractivity contribution in [2.75, 3.05) is 19.9 Å². The molecule has 0 saturated carbocycles. The molecule has 1 saturated heterocycles. The van der Waals surface area contributed by atoms with Crippen molar-refractivity contribution < 1.29 is 28.9 Å². The second-order valence-corrected chi connectivity index (χ2v) is 7.32. The number of hydrogen-bond acceptors (Lipinski definition) is 6. The van der Waals surface area contributed by atoms with Crippen molar-refractivity contribution in [2.24, 2.45) is 0 Å². The van der Waals surface area contributed by atoms with Gasteiger partial charge in [-0.05, 0) is 49.2 Å². The molecule has 2 aromatic rings. The first-order chi connectivity index (χ1) is 13.9. The number of urea groups is 1. The summed E-state index contributed by atoms with van der Waals surface area (Å²) in [5.41, 5.74) is 0.355. The highest BCUT2D eigenvalue weighted by atomic mass is 16.7. The fourth-order valence-corrected chi connectivity index (χ4v) is 3.43. The molecule has 2 aromatic carbocycles. The van der Waals surface area contributed by atoms with Gasteiger partial charge in [-0.1, -0.05) is 18.2 Å². The van der Waals surface area contributed by atoms with Crippen LogP contribution in [0.5, 0.6) is 17.2 Å². The van der Waals surface area contributed by atoms with Gasteiger partial charge in [-0.15, -0.1) is 0 Å². The summed E-state index contributed by atoms with van der Waals surface area (Å²) in [4.78, 5) is 26.5. The lowest BCUT2D eigenvalue weighted by atomic mass is 9.91. The van der Waals surface area contributed by atoms with Crippen molar-refractivity contribution in [3.05, 3.63) is 53.6 Å². The first-order valence-corrected chi connectivity index (χ1v) is 9.28. The average Bonchev–Trinajstić information content (AvgIpc) is 3.25. The van der Waals surface area contributed by atoms with E-state index in [1.807, 2.05) is 25.1 Å². The van der Waals surface area contributed by atoms with Gasteiger partial charge in [0.15, 0.2) is 11.5 Å². The molecule has 0 aliphatic carbocycles. The number of aliphatic hydroxyl groups is 1. The van der Waals surface area contributed by atoms with E-state index in [1.165, 1.54) is 0 Å². The van der Waals surface area contributed by atoms with Crippen LogP contribution in [0.3, 0.4) is 0 Å². The molecule has 2 atom stereocenters. The highest BCUT2D eigenvalue weighted by Crippen LogP contribution is 2.37. The number of nitrogens with one attached hydrogen (secondary N) is 1. The fraction of sp³-hybridized carbons (Fsp3) is 0.333. The van der Waals surface area contributed by atoms with E-state index in [1.54, 1.807) is 31.2 Å². The summed E-state index contributed by atoms with van der Waals surface area (Å²) in [6.07, 6.45) is -1.02. The van der Waals surface area contributed by atoms with Crippen molar-refractivity contribution in [3.63, 3.8) is 0 Å². The summed E-state index contributed by atoms with van der Waals surface area (Å²) >= 11 is 0. The van der Waals surface area contributed by atoms with E-state index in [0.29, 0.717) is 22.8 Å². The second kappa shape index (κ2) is 7.29. The predicted octanol–water partition coefficient (Wildman–Crippen LogP) is 1.93. The number of fused-ring (bicyclic) bond motifs is 1. The van der Waals surface area contributed by atoms with Crippen LogP contribution in [0, 0.1) is 6.92 Å². The van der Waals surface area contributed by atoms with Crippen LogP contribution in [0.25, 0.3) is 0 Å². The van der Waals surface area contributed by atoms with Crippen LogP contribution in [0.2, 0.25) is 0 Å². The number of carbonyl (C=O) groups is 2. The van der Waals surface area contributed by atoms with Gasteiger partial charge in [-0.25, -0.2) is 4.79 Å². The molecule has 2 heterocycles. The Kier molecular flexibility index (Phi) is 4.79. The number of ether oxygens (including phenoxy) is 3. The normalized spacial score (nSPS) is 21.3. The zero-order valence-corrected chi connectivity index (χ0v) is 16.2. The third kappa shape index (κ3) is 3.58. The van der Waals surface area contributed by atoms with E-state index in [-0.39, 0.29) is 19.9 Å². The van der Waals surface area contributed by atoms with Crippen LogP contribution in [-0.4, -0.2) is 48.0 Å². The topological polar surface area (TPSA) is 97.3 Å². The predicted molar refractivity (Wildman–Crippen MR) is 103 cm³/mol. The Labute approximate surface area is 168 Å². The fourth-order valence-electron chi connectivity index (χ4n) is 3.43. The molecular formula is C21H22N2O6. The highest BCUT2D eigenvalue weighted by Gasteiger charge is 2.49. The maximum Gasteiger partial charge on any atom is 0.325 e. The number of aryl methyl sites for hydroxylation is 1. The van der Waals surface area contributed by atoms with Crippen molar-refractivity contribution in [1.82, 2.24) is 10.2 Å². The minimum absolute atomic E-state index is 0.0404. The molecule has 3 amide bonds. The van der Waals surface area contributed by atoms with Gasteiger partial charge >= 0.3 is 6.03 Å². The molecule has 2 aliphatic heterocycles. The molecular weight excluding hydrogens is 376 g/mol. The summed E-state index contributed by atoms with van der Waals surface area (Å²) in [6, 6.07) is 12.0. The number of nitrogens with zero attached hydrogens (tertiary/aromatic N) is 1. The number of rotatable bonds is 6. The van der Waals surface area contributed by atoms with Gasteiger partial charge in [-0.2, -0.15) is 0 Å². The van der Waals surface area contributed by atoms with Gasteiger partial charge in [0.05, 0.1) is 6.54 Å². The lowest BCUT2D eigenvalue weighted by molar-refractivity contribution is -0.132. The first kappa shape index (κ1) is 19.1. The van der Waals surface area contributed by atoms with E-state index in [0.717, 1.165) is 10.5 Å². The standard InChI is InChI=1S/C21H22N2O6/c1-13-4-3-5-16(8-13)27-11-15(24)10-23-19(25)21(2,22-20(23)26)14-6-7-17-18(9-14)29-12-28-17/h3-9,15,24H,10-12H2,1-2H3,(H,22,26)/t15-,21+/m1/s1. The van der Waals surface area contributed by atoms with Gasteiger partial charge in [0.2, 0.25) is 6.79 Å². The molecule has 152 valence electrons. The molecule has 4 rings (SSSR count). The van der Waals surface area contributed by atoms with Gasteiger partial charge in [0.25, 0.3) is 5.91 Å². The van der Waals surface area contributed by atoms with E-state index >= 15 is 0 Å². The molecule has 1 fully saturated rings. The molecule has 0 spiro atoms. The monoisotopic (exact) mass is 398 g/mol. The zero-order valence-electron chi connectivity index (χ0n) is 16.2. The number of amides is 3. The van der Waals surface area contributed by atoms with E-state index in [2.05, 4.69) is 5.32 Å². The quantitative estimate of drug-likeness (QED) is 0.722. The number of carbonyl (C=O) groups excluding carboxylic acids is 2. The number of benzene rings is 2. The summed E-state index contributed by atoms with van der Waals surface area (Å²) in [5.74, 6) is 1.29. The molecule has 2 N–H and O–H groups in total. The third-order valence-electron chi connectivity index (χ3n) is 5.05. The summed E-state index contributed by atoms with van der Waals surface area (Å²) in [6.45, 7) is 3.47. The Morgan fingerprint density at radius 3 is 2.79 bits per heavy atom. The zero-order chi connectivity index (χ0) is 20.6. The second-order valence-electron chi connectivity index (χ2n) is 7.32. The van der Waals surface area contributed by atoms with Gasteiger partial charge < -0.3 is 24.6 Å². The van der Waals surface area contributed by atoms with Crippen molar-refractivity contribution >= 4 is 11.9 Å². The van der Waals surface area contributed by atoms with Crippen LogP contribution in [-0.2, 0) is 10.3 Å². The van der Waals surface area contributed by atoms with Crippen LogP contribution in [0.4, 0.5) is 4.79 Å². The summed E-state index contributed by atoms with van der Waals surface area (Å²) in [7, 11) is 0. The minimum atomic E-state index is -1.25. The molecule has 0 aromatic heterocycles. The number of aliphatic hydroxyl groups excluding tert-OH is 1. The van der Waals surface area contributed by atoms with Crippen LogP contribution in [0.15, 0.2) is 42.5 Å². The number of hydrogen-bond donors (Lipinski definition) is 2. The van der Waals surface area contributed by atoms with Gasteiger partial charge in [0, 0.05) is 0 Å². The molecule has 29 heavy (non-hydrogen) atoms.